The predicted molar refractivity (Wildman–Crippen MR) is 84.2 cm³/mol. The minimum Gasteiger partial charge on any atom is -0.444 e. The van der Waals surface area contributed by atoms with Gasteiger partial charge in [0.25, 0.3) is 0 Å². The molecule has 4 nitrogen and oxygen atoms in total. The van der Waals surface area contributed by atoms with Crippen LogP contribution in [-0.2, 0) is 16.1 Å². The summed E-state index contributed by atoms with van der Waals surface area (Å²) < 4.78 is 73.7. The Balaban J connectivity index is 1.82. The van der Waals surface area contributed by atoms with E-state index in [0.29, 0.717) is 30.8 Å². The van der Waals surface area contributed by atoms with E-state index < -0.39 is 26.8 Å². The van der Waals surface area contributed by atoms with E-state index in [-0.39, 0.29) is 12.7 Å². The number of nitrogens with zero attached hydrogens (tertiary/aromatic N) is 1. The lowest BCUT2D eigenvalue weighted by atomic mass is 10.1. The van der Waals surface area contributed by atoms with Crippen LogP contribution in [0.25, 0.3) is 0 Å². The smallest absolute Gasteiger partial charge is 0.410 e. The van der Waals surface area contributed by atoms with Gasteiger partial charge in [-0.25, -0.2) is 4.79 Å². The summed E-state index contributed by atoms with van der Waals surface area (Å²) in [5.41, 5.74) is -0.269. The Morgan fingerprint density at radius 1 is 1.12 bits per heavy atom. The van der Waals surface area contributed by atoms with E-state index in [1.54, 1.807) is 20.8 Å². The molecule has 144 valence electrons. The Labute approximate surface area is 142 Å². The maximum Gasteiger partial charge on any atom is 0.410 e. The zero-order chi connectivity index (χ0) is 19.2. The molecule has 1 aromatic rings. The van der Waals surface area contributed by atoms with Crippen molar-refractivity contribution in [2.75, 3.05) is 13.1 Å². The van der Waals surface area contributed by atoms with Gasteiger partial charge in [0.05, 0.1) is 25.8 Å². The van der Waals surface area contributed by atoms with Crippen LogP contribution in [0.5, 0.6) is 0 Å². The maximum absolute atomic E-state index is 12.6. The molecule has 0 N–H and O–H groups in total. The van der Waals surface area contributed by atoms with E-state index >= 15 is 0 Å². The first-order valence-corrected chi connectivity index (χ1v) is 9.41. The van der Waals surface area contributed by atoms with Gasteiger partial charge in [-0.2, -0.15) is 0 Å². The molecule has 1 aliphatic rings. The number of benzene rings is 1. The monoisotopic (exact) mass is 389 g/mol. The van der Waals surface area contributed by atoms with Crippen molar-refractivity contribution in [1.82, 2.24) is 4.90 Å². The molecule has 0 saturated carbocycles. The van der Waals surface area contributed by atoms with Crippen LogP contribution >= 0.6 is 10.2 Å². The first-order valence-electron chi connectivity index (χ1n) is 7.46. The summed E-state index contributed by atoms with van der Waals surface area (Å²) in [5, 5.41) is 0. The summed E-state index contributed by atoms with van der Waals surface area (Å²) in [7, 11) is -9.64. The Kier molecular flexibility index (Phi) is 4.33. The van der Waals surface area contributed by atoms with E-state index in [1.807, 2.05) is 0 Å². The molecule has 1 fully saturated rings. The van der Waals surface area contributed by atoms with E-state index in [1.165, 1.54) is 4.90 Å². The van der Waals surface area contributed by atoms with E-state index in [9.17, 15) is 24.2 Å². The number of halogens is 5. The maximum atomic E-state index is 12.6. The second-order valence-corrected chi connectivity index (χ2v) is 9.34. The Morgan fingerprint density at radius 2 is 1.64 bits per heavy atom. The third-order valence-corrected chi connectivity index (χ3v) is 4.52. The van der Waals surface area contributed by atoms with Crippen molar-refractivity contribution in [3.8, 4) is 0 Å². The average molecular weight is 389 g/mol. The number of amides is 1. The molecular weight excluding hydrogens is 369 g/mol. The summed E-state index contributed by atoms with van der Waals surface area (Å²) in [5.74, 6) is 0. The second kappa shape index (κ2) is 5.47. The molecule has 0 aromatic heterocycles. The number of rotatable bonds is 4. The van der Waals surface area contributed by atoms with Crippen molar-refractivity contribution in [3.63, 3.8) is 0 Å². The van der Waals surface area contributed by atoms with Crippen molar-refractivity contribution in [3.05, 3.63) is 29.8 Å². The number of carbonyl (C=O) groups is 1. The minimum atomic E-state index is -9.64. The van der Waals surface area contributed by atoms with Gasteiger partial charge < -0.3 is 14.4 Å². The Hall–Kier alpha value is -1.55. The van der Waals surface area contributed by atoms with Gasteiger partial charge in [-0.3, -0.25) is 0 Å². The van der Waals surface area contributed by atoms with Gasteiger partial charge in [0.15, 0.2) is 0 Å². The highest BCUT2D eigenvalue weighted by atomic mass is 32.5. The van der Waals surface area contributed by atoms with Crippen molar-refractivity contribution in [2.45, 2.75) is 44.0 Å². The predicted octanol–water partition coefficient (Wildman–Crippen LogP) is 5.48. The summed E-state index contributed by atoms with van der Waals surface area (Å²) in [6.45, 7) is 5.81. The van der Waals surface area contributed by atoms with Gasteiger partial charge in [-0.1, -0.05) is 31.6 Å². The molecule has 10 heteroatoms. The van der Waals surface area contributed by atoms with Crippen LogP contribution < -0.4 is 0 Å². The number of hydrogen-bond acceptors (Lipinski definition) is 3. The largest absolute Gasteiger partial charge is 0.444 e. The topological polar surface area (TPSA) is 38.8 Å². The van der Waals surface area contributed by atoms with Crippen LogP contribution in [0.1, 0.15) is 26.3 Å². The van der Waals surface area contributed by atoms with Gasteiger partial charge in [0.2, 0.25) is 0 Å². The van der Waals surface area contributed by atoms with Crippen LogP contribution in [0.2, 0.25) is 0 Å². The first-order chi connectivity index (χ1) is 11.0. The van der Waals surface area contributed by atoms with Crippen molar-refractivity contribution in [1.29, 1.82) is 0 Å². The molecule has 0 aliphatic carbocycles. The molecule has 0 atom stereocenters. The molecule has 0 radical (unpaired) electrons. The normalized spacial score (nSPS) is 19.0. The molecule has 0 unspecified atom stereocenters. The van der Waals surface area contributed by atoms with Crippen molar-refractivity contribution >= 4 is 16.3 Å². The molecule has 1 saturated heterocycles. The molecule has 0 spiro atoms. The molecule has 25 heavy (non-hydrogen) atoms. The highest BCUT2D eigenvalue weighted by Gasteiger charge is 2.65. The highest BCUT2D eigenvalue weighted by Crippen LogP contribution is 3.02. The van der Waals surface area contributed by atoms with Crippen LogP contribution in [0, 0.1) is 0 Å². The molecule has 1 amide bonds. The van der Waals surface area contributed by atoms with Crippen LogP contribution in [0.4, 0.5) is 24.2 Å². The SMILES string of the molecule is CC(C)(C)OC(=O)N1CC(OCc2ccc(S(F)(F)(F)(F)F)cc2)C1. The summed E-state index contributed by atoms with van der Waals surface area (Å²) in [6, 6.07) is 2.62. The lowest BCUT2D eigenvalue weighted by molar-refractivity contribution is -0.0691. The fourth-order valence-electron chi connectivity index (χ4n) is 2.08. The average Bonchev–Trinajstić information content (AvgIpc) is 2.32. The quantitative estimate of drug-likeness (QED) is 0.640. The van der Waals surface area contributed by atoms with Gasteiger partial charge in [0.1, 0.15) is 10.5 Å². The highest BCUT2D eigenvalue weighted by molar-refractivity contribution is 8.45. The van der Waals surface area contributed by atoms with E-state index in [2.05, 4.69) is 0 Å². The third kappa shape index (κ3) is 5.74. The fraction of sp³-hybridized carbons (Fsp3) is 0.533. The zero-order valence-electron chi connectivity index (χ0n) is 14.0. The molecule has 2 rings (SSSR count). The Morgan fingerprint density at radius 3 is 2.08 bits per heavy atom. The number of carbonyl (C=O) groups excluding carboxylic acids is 1. The van der Waals surface area contributed by atoms with Crippen molar-refractivity contribution < 1.29 is 33.7 Å². The van der Waals surface area contributed by atoms with E-state index in [0.717, 1.165) is 12.1 Å². The lowest BCUT2D eigenvalue weighted by Crippen LogP contribution is -2.55. The Bertz CT molecular complexity index is 649. The summed E-state index contributed by atoms with van der Waals surface area (Å²) in [6.07, 6.45) is -0.740. The van der Waals surface area contributed by atoms with Crippen LogP contribution in [0.15, 0.2) is 29.2 Å². The number of ether oxygens (including phenoxy) is 2. The number of hydrogen-bond donors (Lipinski definition) is 0. The second-order valence-electron chi connectivity index (χ2n) is 6.93. The minimum absolute atomic E-state index is 0.0343. The lowest BCUT2D eigenvalue weighted by Gasteiger charge is -2.40. The molecule has 1 aliphatic heterocycles. The van der Waals surface area contributed by atoms with Crippen LogP contribution in [0.3, 0.4) is 0 Å². The fourth-order valence-corrected chi connectivity index (χ4v) is 2.73. The van der Waals surface area contributed by atoms with Crippen molar-refractivity contribution in [2.24, 2.45) is 0 Å². The number of likely N-dealkylation sites (tertiary alicyclic amines) is 1. The summed E-state index contributed by atoms with van der Waals surface area (Å²) in [4.78, 5) is 11.2. The van der Waals surface area contributed by atoms with Gasteiger partial charge in [-0.05, 0) is 38.5 Å². The molecule has 1 heterocycles. The molecular formula is C15H20F5NO3S. The third-order valence-electron chi connectivity index (χ3n) is 3.35. The summed E-state index contributed by atoms with van der Waals surface area (Å²) >= 11 is 0. The first kappa shape index (κ1) is 19.8. The molecule has 0 bridgehead atoms. The van der Waals surface area contributed by atoms with Crippen LogP contribution in [-0.4, -0.2) is 35.8 Å². The van der Waals surface area contributed by atoms with Gasteiger partial charge in [0, 0.05) is 0 Å². The molecule has 1 aromatic carbocycles. The zero-order valence-corrected chi connectivity index (χ0v) is 14.8. The standard InChI is InChI=1S/C15H20F5NO3S/c1-15(2,3)24-14(22)21-8-12(9-21)23-10-11-4-6-13(7-5-11)25(16,17,18,19)20/h4-7,12H,8-10H2,1-3H3. The van der Waals surface area contributed by atoms with E-state index in [4.69, 9.17) is 9.47 Å². The van der Waals surface area contributed by atoms with Gasteiger partial charge in [-0.15, -0.1) is 0 Å². The van der Waals surface area contributed by atoms with Gasteiger partial charge >= 0.3 is 16.3 Å².